The van der Waals surface area contributed by atoms with Gasteiger partial charge in [-0.15, -0.1) is 5.10 Å². The summed E-state index contributed by atoms with van der Waals surface area (Å²) >= 11 is 0. The van der Waals surface area contributed by atoms with Crippen LogP contribution < -0.4 is 10.6 Å². The monoisotopic (exact) mass is 285 g/mol. The summed E-state index contributed by atoms with van der Waals surface area (Å²) in [6, 6.07) is 8.50. The molecule has 2 aromatic rings. The quantitative estimate of drug-likeness (QED) is 0.900. The van der Waals surface area contributed by atoms with E-state index in [2.05, 4.69) is 51.3 Å². The van der Waals surface area contributed by atoms with Gasteiger partial charge in [-0.1, -0.05) is 29.8 Å². The Bertz CT molecular complexity index is 592. The van der Waals surface area contributed by atoms with Gasteiger partial charge in [0, 0.05) is 19.5 Å². The molecule has 5 nitrogen and oxygen atoms in total. The highest BCUT2D eigenvalue weighted by molar-refractivity contribution is 5.31. The van der Waals surface area contributed by atoms with Gasteiger partial charge in [0.1, 0.15) is 5.82 Å². The van der Waals surface area contributed by atoms with Crippen LogP contribution in [0, 0.1) is 12.8 Å². The van der Waals surface area contributed by atoms with E-state index in [0.29, 0.717) is 5.92 Å². The van der Waals surface area contributed by atoms with Crippen LogP contribution in [-0.2, 0) is 6.42 Å². The first-order valence-corrected chi connectivity index (χ1v) is 7.66. The zero-order valence-electron chi connectivity index (χ0n) is 12.5. The number of hydrogen-bond acceptors (Lipinski definition) is 4. The largest absolute Gasteiger partial charge is 0.339 e. The lowest BCUT2D eigenvalue weighted by Crippen LogP contribution is -2.39. The van der Waals surface area contributed by atoms with E-state index in [9.17, 15) is 0 Å². The van der Waals surface area contributed by atoms with E-state index in [4.69, 9.17) is 5.73 Å². The summed E-state index contributed by atoms with van der Waals surface area (Å²) in [6.07, 6.45) is 3.18. The molecule has 1 saturated heterocycles. The standard InChI is InChI=1S/C16H23N5/c1-12-4-2-5-13(8-12)9-15-18-16(20-19-15)21-7-3-6-14(10-17)11-21/h2,4-5,8,14H,3,6-7,9-11,17H2,1H3,(H,18,19,20). The summed E-state index contributed by atoms with van der Waals surface area (Å²) in [4.78, 5) is 6.89. The van der Waals surface area contributed by atoms with Gasteiger partial charge in [-0.25, -0.2) is 0 Å². The minimum Gasteiger partial charge on any atom is -0.339 e. The molecular formula is C16H23N5. The third-order valence-electron chi connectivity index (χ3n) is 4.11. The van der Waals surface area contributed by atoms with E-state index >= 15 is 0 Å². The Morgan fingerprint density at radius 2 is 2.33 bits per heavy atom. The minimum absolute atomic E-state index is 0.567. The van der Waals surface area contributed by atoms with Crippen molar-refractivity contribution in [3.63, 3.8) is 0 Å². The van der Waals surface area contributed by atoms with Crippen LogP contribution in [0.15, 0.2) is 24.3 Å². The number of rotatable bonds is 4. The lowest BCUT2D eigenvalue weighted by Gasteiger charge is -2.31. The van der Waals surface area contributed by atoms with Crippen molar-refractivity contribution in [1.82, 2.24) is 15.2 Å². The van der Waals surface area contributed by atoms with Crippen LogP contribution in [0.1, 0.15) is 29.8 Å². The van der Waals surface area contributed by atoms with E-state index < -0.39 is 0 Å². The Labute approximate surface area is 125 Å². The number of piperidine rings is 1. The van der Waals surface area contributed by atoms with Crippen LogP contribution in [0.25, 0.3) is 0 Å². The van der Waals surface area contributed by atoms with Gasteiger partial charge in [0.25, 0.3) is 0 Å². The fourth-order valence-corrected chi connectivity index (χ4v) is 2.96. The van der Waals surface area contributed by atoms with Crippen molar-refractivity contribution in [2.75, 3.05) is 24.5 Å². The van der Waals surface area contributed by atoms with Crippen molar-refractivity contribution in [3.8, 4) is 0 Å². The molecule has 1 unspecified atom stereocenters. The third kappa shape index (κ3) is 3.42. The molecule has 1 aromatic carbocycles. The summed E-state index contributed by atoms with van der Waals surface area (Å²) in [5.74, 6) is 2.30. The number of nitrogens with two attached hydrogens (primary N) is 1. The number of hydrogen-bond donors (Lipinski definition) is 2. The Hall–Kier alpha value is -1.88. The predicted octanol–water partition coefficient (Wildman–Crippen LogP) is 1.88. The maximum Gasteiger partial charge on any atom is 0.244 e. The topological polar surface area (TPSA) is 70.8 Å². The molecule has 21 heavy (non-hydrogen) atoms. The van der Waals surface area contributed by atoms with Gasteiger partial charge in [0.2, 0.25) is 5.95 Å². The highest BCUT2D eigenvalue weighted by Gasteiger charge is 2.21. The van der Waals surface area contributed by atoms with Gasteiger partial charge >= 0.3 is 0 Å². The molecule has 0 spiro atoms. The first-order chi connectivity index (χ1) is 10.2. The molecule has 1 aromatic heterocycles. The zero-order chi connectivity index (χ0) is 14.7. The van der Waals surface area contributed by atoms with Crippen LogP contribution in [0.3, 0.4) is 0 Å². The number of aromatic amines is 1. The first kappa shape index (κ1) is 14.1. The number of aryl methyl sites for hydroxylation is 1. The maximum absolute atomic E-state index is 5.79. The number of benzene rings is 1. The average Bonchev–Trinajstić information content (AvgIpc) is 2.96. The summed E-state index contributed by atoms with van der Waals surface area (Å²) in [5, 5.41) is 7.45. The lowest BCUT2D eigenvalue weighted by molar-refractivity contribution is 0.420. The van der Waals surface area contributed by atoms with Crippen LogP contribution >= 0.6 is 0 Å². The molecule has 1 atom stereocenters. The number of anilines is 1. The van der Waals surface area contributed by atoms with Gasteiger partial charge < -0.3 is 10.6 Å². The van der Waals surface area contributed by atoms with E-state index in [1.54, 1.807) is 0 Å². The Kier molecular flexibility index (Phi) is 4.20. The zero-order valence-corrected chi connectivity index (χ0v) is 12.5. The molecule has 1 aliphatic rings. The van der Waals surface area contributed by atoms with Gasteiger partial charge in [0.05, 0.1) is 0 Å². The molecule has 0 aliphatic carbocycles. The van der Waals surface area contributed by atoms with E-state index in [0.717, 1.165) is 37.8 Å². The van der Waals surface area contributed by atoms with Gasteiger partial charge in [-0.3, -0.25) is 5.10 Å². The first-order valence-electron chi connectivity index (χ1n) is 7.66. The second kappa shape index (κ2) is 6.26. The van der Waals surface area contributed by atoms with E-state index in [-0.39, 0.29) is 0 Å². The Morgan fingerprint density at radius 1 is 1.43 bits per heavy atom. The van der Waals surface area contributed by atoms with Crippen molar-refractivity contribution < 1.29 is 0 Å². The highest BCUT2D eigenvalue weighted by atomic mass is 15.4. The second-order valence-corrected chi connectivity index (χ2v) is 5.94. The average molecular weight is 285 g/mol. The summed E-state index contributed by atoms with van der Waals surface area (Å²) < 4.78 is 0. The summed E-state index contributed by atoms with van der Waals surface area (Å²) in [7, 11) is 0. The molecule has 0 bridgehead atoms. The number of nitrogens with zero attached hydrogens (tertiary/aromatic N) is 3. The van der Waals surface area contributed by atoms with Crippen LogP contribution in [0.2, 0.25) is 0 Å². The van der Waals surface area contributed by atoms with Gasteiger partial charge in [0.15, 0.2) is 0 Å². The number of H-pyrrole nitrogens is 1. The van der Waals surface area contributed by atoms with Crippen molar-refractivity contribution in [2.45, 2.75) is 26.2 Å². The predicted molar refractivity (Wildman–Crippen MR) is 84.4 cm³/mol. The molecule has 1 fully saturated rings. The lowest BCUT2D eigenvalue weighted by atomic mass is 9.99. The third-order valence-corrected chi connectivity index (χ3v) is 4.11. The smallest absolute Gasteiger partial charge is 0.244 e. The molecule has 3 N–H and O–H groups in total. The van der Waals surface area contributed by atoms with Crippen LogP contribution in [0.4, 0.5) is 5.95 Å². The van der Waals surface area contributed by atoms with E-state index in [1.807, 2.05) is 0 Å². The van der Waals surface area contributed by atoms with Gasteiger partial charge in [-0.2, -0.15) is 4.98 Å². The normalized spacial score (nSPS) is 19.0. The number of aromatic nitrogens is 3. The fourth-order valence-electron chi connectivity index (χ4n) is 2.96. The second-order valence-electron chi connectivity index (χ2n) is 5.94. The molecule has 3 rings (SSSR count). The minimum atomic E-state index is 0.567. The van der Waals surface area contributed by atoms with Crippen LogP contribution in [-0.4, -0.2) is 34.8 Å². The number of nitrogens with one attached hydrogen (secondary N) is 1. The van der Waals surface area contributed by atoms with Gasteiger partial charge in [-0.05, 0) is 37.8 Å². The molecule has 0 amide bonds. The Morgan fingerprint density at radius 3 is 3.14 bits per heavy atom. The van der Waals surface area contributed by atoms with E-state index in [1.165, 1.54) is 24.0 Å². The molecule has 2 heterocycles. The van der Waals surface area contributed by atoms with Crippen molar-refractivity contribution in [1.29, 1.82) is 0 Å². The summed E-state index contributed by atoms with van der Waals surface area (Å²) in [6.45, 7) is 4.85. The molecule has 112 valence electrons. The van der Waals surface area contributed by atoms with Crippen molar-refractivity contribution in [2.24, 2.45) is 11.7 Å². The maximum atomic E-state index is 5.79. The molecule has 1 aliphatic heterocycles. The van der Waals surface area contributed by atoms with Crippen molar-refractivity contribution in [3.05, 3.63) is 41.2 Å². The van der Waals surface area contributed by atoms with Crippen molar-refractivity contribution >= 4 is 5.95 Å². The Balaban J connectivity index is 1.68. The molecule has 0 saturated carbocycles. The molecule has 0 radical (unpaired) electrons. The summed E-state index contributed by atoms with van der Waals surface area (Å²) in [5.41, 5.74) is 8.32. The highest BCUT2D eigenvalue weighted by Crippen LogP contribution is 2.20. The fraction of sp³-hybridized carbons (Fsp3) is 0.500. The van der Waals surface area contributed by atoms with Crippen LogP contribution in [0.5, 0.6) is 0 Å². The molecule has 5 heteroatoms. The molecular weight excluding hydrogens is 262 g/mol. The SMILES string of the molecule is Cc1cccc(Cc2nc(N3CCCC(CN)C3)n[nH]2)c1.